The predicted molar refractivity (Wildman–Crippen MR) is 62.9 cm³/mol. The number of nitrogens with one attached hydrogen (secondary N) is 2. The van der Waals surface area contributed by atoms with E-state index >= 15 is 0 Å². The minimum atomic E-state index is -0.331. The first kappa shape index (κ1) is 12.6. The van der Waals surface area contributed by atoms with Crippen LogP contribution < -0.4 is 10.6 Å². The molecular weight excluding hydrogens is 207 g/mol. The maximum absolute atomic E-state index is 13.0. The molecule has 4 heteroatoms. The van der Waals surface area contributed by atoms with E-state index in [0.717, 1.165) is 12.1 Å². The molecule has 1 aromatic rings. The SMILES string of the molecule is CCNCCC(=O)Nc1cc(C)cc(F)c1. The summed E-state index contributed by atoms with van der Waals surface area (Å²) >= 11 is 0. The van der Waals surface area contributed by atoms with Gasteiger partial charge in [-0.05, 0) is 37.2 Å². The first-order valence-corrected chi connectivity index (χ1v) is 5.39. The normalized spacial score (nSPS) is 10.2. The van der Waals surface area contributed by atoms with Gasteiger partial charge in [0.15, 0.2) is 0 Å². The van der Waals surface area contributed by atoms with Crippen LogP contribution in [-0.2, 0) is 4.79 Å². The van der Waals surface area contributed by atoms with Gasteiger partial charge in [-0.15, -0.1) is 0 Å². The molecule has 0 aliphatic carbocycles. The van der Waals surface area contributed by atoms with E-state index in [4.69, 9.17) is 0 Å². The maximum atomic E-state index is 13.0. The van der Waals surface area contributed by atoms with Gasteiger partial charge in [-0.2, -0.15) is 0 Å². The van der Waals surface area contributed by atoms with Gasteiger partial charge in [0.05, 0.1) is 0 Å². The summed E-state index contributed by atoms with van der Waals surface area (Å²) in [4.78, 5) is 11.4. The molecule has 1 rings (SSSR count). The third kappa shape index (κ3) is 4.40. The number of rotatable bonds is 5. The maximum Gasteiger partial charge on any atom is 0.225 e. The molecule has 0 aliphatic rings. The minimum Gasteiger partial charge on any atom is -0.326 e. The molecule has 0 fully saturated rings. The van der Waals surface area contributed by atoms with Crippen molar-refractivity contribution in [2.75, 3.05) is 18.4 Å². The molecule has 0 saturated carbocycles. The standard InChI is InChI=1S/C12H17FN2O/c1-3-14-5-4-12(16)15-11-7-9(2)6-10(13)8-11/h6-8,14H,3-5H2,1-2H3,(H,15,16). The Morgan fingerprint density at radius 2 is 2.12 bits per heavy atom. The zero-order chi connectivity index (χ0) is 12.0. The van der Waals surface area contributed by atoms with Crippen LogP contribution in [0, 0.1) is 12.7 Å². The Balaban J connectivity index is 2.49. The van der Waals surface area contributed by atoms with Crippen molar-refractivity contribution < 1.29 is 9.18 Å². The number of amides is 1. The lowest BCUT2D eigenvalue weighted by atomic mass is 10.2. The second kappa shape index (κ2) is 6.23. The largest absolute Gasteiger partial charge is 0.326 e. The van der Waals surface area contributed by atoms with Gasteiger partial charge >= 0.3 is 0 Å². The summed E-state index contributed by atoms with van der Waals surface area (Å²) in [6, 6.07) is 4.49. The third-order valence-corrected chi connectivity index (χ3v) is 2.10. The van der Waals surface area contributed by atoms with Gasteiger partial charge < -0.3 is 10.6 Å². The second-order valence-corrected chi connectivity index (χ2v) is 3.67. The Kier molecular flexibility index (Phi) is 4.92. The van der Waals surface area contributed by atoms with Crippen molar-refractivity contribution in [2.24, 2.45) is 0 Å². The van der Waals surface area contributed by atoms with Gasteiger partial charge in [-0.3, -0.25) is 4.79 Å². The van der Waals surface area contributed by atoms with E-state index in [2.05, 4.69) is 10.6 Å². The number of carbonyl (C=O) groups excluding carboxylic acids is 1. The van der Waals surface area contributed by atoms with E-state index in [1.165, 1.54) is 12.1 Å². The number of anilines is 1. The molecule has 1 amide bonds. The van der Waals surface area contributed by atoms with Crippen molar-refractivity contribution in [3.8, 4) is 0 Å². The first-order chi connectivity index (χ1) is 7.61. The van der Waals surface area contributed by atoms with Crippen molar-refractivity contribution in [2.45, 2.75) is 20.3 Å². The summed E-state index contributed by atoms with van der Waals surface area (Å²) < 4.78 is 13.0. The average Bonchev–Trinajstić information content (AvgIpc) is 2.16. The number of benzene rings is 1. The van der Waals surface area contributed by atoms with E-state index in [9.17, 15) is 9.18 Å². The fourth-order valence-corrected chi connectivity index (χ4v) is 1.41. The molecule has 2 N–H and O–H groups in total. The molecule has 88 valence electrons. The zero-order valence-corrected chi connectivity index (χ0v) is 9.64. The zero-order valence-electron chi connectivity index (χ0n) is 9.64. The molecule has 1 aromatic carbocycles. The number of aryl methyl sites for hydroxylation is 1. The van der Waals surface area contributed by atoms with Crippen LogP contribution >= 0.6 is 0 Å². The summed E-state index contributed by atoms with van der Waals surface area (Å²) in [6.45, 7) is 5.24. The van der Waals surface area contributed by atoms with Crippen molar-refractivity contribution in [1.82, 2.24) is 5.32 Å². The van der Waals surface area contributed by atoms with Crippen LogP contribution in [0.15, 0.2) is 18.2 Å². The van der Waals surface area contributed by atoms with Gasteiger partial charge in [-0.1, -0.05) is 6.92 Å². The Hall–Kier alpha value is -1.42. The smallest absolute Gasteiger partial charge is 0.225 e. The van der Waals surface area contributed by atoms with Gasteiger partial charge in [0.2, 0.25) is 5.91 Å². The molecule has 0 bridgehead atoms. The molecule has 0 unspecified atom stereocenters. The Morgan fingerprint density at radius 3 is 2.75 bits per heavy atom. The van der Waals surface area contributed by atoms with Crippen LogP contribution in [0.5, 0.6) is 0 Å². The van der Waals surface area contributed by atoms with Crippen molar-refractivity contribution >= 4 is 11.6 Å². The number of hydrogen-bond acceptors (Lipinski definition) is 2. The Morgan fingerprint density at radius 1 is 1.38 bits per heavy atom. The van der Waals surface area contributed by atoms with Crippen molar-refractivity contribution in [3.05, 3.63) is 29.6 Å². The van der Waals surface area contributed by atoms with Crippen LogP contribution in [-0.4, -0.2) is 19.0 Å². The van der Waals surface area contributed by atoms with E-state index in [1.54, 1.807) is 13.0 Å². The highest BCUT2D eigenvalue weighted by atomic mass is 19.1. The van der Waals surface area contributed by atoms with Crippen LogP contribution in [0.2, 0.25) is 0 Å². The van der Waals surface area contributed by atoms with Crippen LogP contribution in [0.1, 0.15) is 18.9 Å². The predicted octanol–water partition coefficient (Wildman–Crippen LogP) is 2.07. The summed E-state index contributed by atoms with van der Waals surface area (Å²) in [6.07, 6.45) is 0.392. The van der Waals surface area contributed by atoms with E-state index < -0.39 is 0 Å². The highest BCUT2D eigenvalue weighted by Gasteiger charge is 2.03. The quantitative estimate of drug-likeness (QED) is 0.752. The van der Waals surface area contributed by atoms with E-state index in [-0.39, 0.29) is 11.7 Å². The lowest BCUT2D eigenvalue weighted by Gasteiger charge is -2.06. The van der Waals surface area contributed by atoms with Gasteiger partial charge in [0.25, 0.3) is 0 Å². The topological polar surface area (TPSA) is 41.1 Å². The van der Waals surface area contributed by atoms with E-state index in [0.29, 0.717) is 18.7 Å². The van der Waals surface area contributed by atoms with Crippen LogP contribution in [0.4, 0.5) is 10.1 Å². The summed E-state index contributed by atoms with van der Waals surface area (Å²) in [7, 11) is 0. The Labute approximate surface area is 95.0 Å². The molecule has 0 saturated heterocycles. The van der Waals surface area contributed by atoms with Gasteiger partial charge in [0, 0.05) is 18.7 Å². The summed E-state index contributed by atoms with van der Waals surface area (Å²) in [5, 5.41) is 5.72. The molecule has 0 aromatic heterocycles. The fourth-order valence-electron chi connectivity index (χ4n) is 1.41. The second-order valence-electron chi connectivity index (χ2n) is 3.67. The average molecular weight is 224 g/mol. The molecule has 3 nitrogen and oxygen atoms in total. The van der Waals surface area contributed by atoms with Gasteiger partial charge in [0.1, 0.15) is 5.82 Å². The molecule has 0 spiro atoms. The van der Waals surface area contributed by atoms with Gasteiger partial charge in [-0.25, -0.2) is 4.39 Å². The number of halogens is 1. The van der Waals surface area contributed by atoms with Crippen molar-refractivity contribution in [1.29, 1.82) is 0 Å². The van der Waals surface area contributed by atoms with Crippen LogP contribution in [0.25, 0.3) is 0 Å². The monoisotopic (exact) mass is 224 g/mol. The summed E-state index contributed by atoms with van der Waals surface area (Å²) in [5.74, 6) is -0.437. The lowest BCUT2D eigenvalue weighted by Crippen LogP contribution is -2.21. The molecule has 16 heavy (non-hydrogen) atoms. The highest BCUT2D eigenvalue weighted by Crippen LogP contribution is 2.13. The number of hydrogen-bond donors (Lipinski definition) is 2. The molecule has 0 heterocycles. The number of carbonyl (C=O) groups is 1. The molecule has 0 radical (unpaired) electrons. The molecule has 0 aliphatic heterocycles. The third-order valence-electron chi connectivity index (χ3n) is 2.10. The fraction of sp³-hybridized carbons (Fsp3) is 0.417. The van der Waals surface area contributed by atoms with E-state index in [1.807, 2.05) is 6.92 Å². The lowest BCUT2D eigenvalue weighted by molar-refractivity contribution is -0.116. The van der Waals surface area contributed by atoms with Crippen LogP contribution in [0.3, 0.4) is 0 Å². The Bertz CT molecular complexity index is 346. The first-order valence-electron chi connectivity index (χ1n) is 5.39. The molecular formula is C12H17FN2O. The minimum absolute atomic E-state index is 0.106. The highest BCUT2D eigenvalue weighted by molar-refractivity contribution is 5.90. The molecule has 0 atom stereocenters. The van der Waals surface area contributed by atoms with Crippen molar-refractivity contribution in [3.63, 3.8) is 0 Å². The summed E-state index contributed by atoms with van der Waals surface area (Å²) in [5.41, 5.74) is 1.31.